The SMILES string of the molecule is CNc1ncnc(Nc2cccc(F)c2C)c1C(C)C. The topological polar surface area (TPSA) is 49.8 Å². The van der Waals surface area contributed by atoms with Crippen LogP contribution in [-0.2, 0) is 0 Å². The molecule has 0 saturated carbocycles. The maximum Gasteiger partial charge on any atom is 0.139 e. The van der Waals surface area contributed by atoms with Crippen molar-refractivity contribution in [2.24, 2.45) is 0 Å². The van der Waals surface area contributed by atoms with Crippen LogP contribution in [0, 0.1) is 12.7 Å². The number of hydrogen-bond donors (Lipinski definition) is 2. The monoisotopic (exact) mass is 274 g/mol. The molecule has 20 heavy (non-hydrogen) atoms. The average molecular weight is 274 g/mol. The lowest BCUT2D eigenvalue weighted by atomic mass is 10.0. The minimum absolute atomic E-state index is 0.232. The molecule has 4 nitrogen and oxygen atoms in total. The molecule has 0 saturated heterocycles. The standard InChI is InChI=1S/C15H19FN4/c1-9(2)13-14(17-4)18-8-19-15(13)20-12-7-5-6-11(16)10(12)3/h5-9H,1-4H3,(H2,17,18,19,20). The molecule has 0 amide bonds. The molecule has 2 rings (SSSR count). The van der Waals surface area contributed by atoms with E-state index in [-0.39, 0.29) is 11.7 Å². The zero-order valence-electron chi connectivity index (χ0n) is 12.2. The van der Waals surface area contributed by atoms with E-state index in [1.807, 2.05) is 13.1 Å². The van der Waals surface area contributed by atoms with Crippen LogP contribution >= 0.6 is 0 Å². The number of rotatable bonds is 4. The van der Waals surface area contributed by atoms with Crippen molar-refractivity contribution in [3.8, 4) is 0 Å². The Morgan fingerprint density at radius 2 is 1.85 bits per heavy atom. The van der Waals surface area contributed by atoms with Gasteiger partial charge in [0, 0.05) is 23.9 Å². The zero-order valence-corrected chi connectivity index (χ0v) is 12.2. The molecule has 106 valence electrons. The van der Waals surface area contributed by atoms with E-state index in [1.165, 1.54) is 12.4 Å². The molecule has 1 aromatic heterocycles. The molecule has 1 heterocycles. The molecule has 0 fully saturated rings. The minimum Gasteiger partial charge on any atom is -0.373 e. The van der Waals surface area contributed by atoms with Crippen molar-refractivity contribution in [1.82, 2.24) is 9.97 Å². The fraction of sp³-hybridized carbons (Fsp3) is 0.333. The van der Waals surface area contributed by atoms with E-state index in [1.54, 1.807) is 13.0 Å². The molecule has 0 spiro atoms. The van der Waals surface area contributed by atoms with Crippen molar-refractivity contribution in [1.29, 1.82) is 0 Å². The molecule has 0 atom stereocenters. The summed E-state index contributed by atoms with van der Waals surface area (Å²) in [6, 6.07) is 4.96. The lowest BCUT2D eigenvalue weighted by Crippen LogP contribution is -2.07. The number of nitrogens with zero attached hydrogens (tertiary/aromatic N) is 2. The van der Waals surface area contributed by atoms with Gasteiger partial charge >= 0.3 is 0 Å². The number of anilines is 3. The third kappa shape index (κ3) is 2.71. The molecule has 0 unspecified atom stereocenters. The summed E-state index contributed by atoms with van der Waals surface area (Å²) < 4.78 is 13.6. The van der Waals surface area contributed by atoms with Crippen molar-refractivity contribution in [3.05, 3.63) is 41.5 Å². The largest absolute Gasteiger partial charge is 0.373 e. The summed E-state index contributed by atoms with van der Waals surface area (Å²) in [6.07, 6.45) is 1.49. The van der Waals surface area contributed by atoms with Crippen LogP contribution in [0.4, 0.5) is 21.7 Å². The highest BCUT2D eigenvalue weighted by Gasteiger charge is 2.15. The van der Waals surface area contributed by atoms with Crippen LogP contribution in [0.5, 0.6) is 0 Å². The van der Waals surface area contributed by atoms with Crippen LogP contribution in [0.1, 0.15) is 30.9 Å². The Labute approximate surface area is 118 Å². The van der Waals surface area contributed by atoms with Crippen LogP contribution in [-0.4, -0.2) is 17.0 Å². The molecule has 2 N–H and O–H groups in total. The van der Waals surface area contributed by atoms with E-state index in [0.717, 1.165) is 11.4 Å². The second-order valence-corrected chi connectivity index (χ2v) is 4.93. The normalized spacial score (nSPS) is 10.7. The molecule has 1 aromatic carbocycles. The Balaban J connectivity index is 2.46. The highest BCUT2D eigenvalue weighted by Crippen LogP contribution is 2.31. The smallest absolute Gasteiger partial charge is 0.139 e. The van der Waals surface area contributed by atoms with Gasteiger partial charge in [0.25, 0.3) is 0 Å². The van der Waals surface area contributed by atoms with Gasteiger partial charge in [0.05, 0.1) is 0 Å². The van der Waals surface area contributed by atoms with Gasteiger partial charge in [-0.05, 0) is 25.0 Å². The Hall–Kier alpha value is -2.17. The maximum atomic E-state index is 13.6. The van der Waals surface area contributed by atoms with Gasteiger partial charge < -0.3 is 10.6 Å². The second kappa shape index (κ2) is 5.86. The van der Waals surface area contributed by atoms with Gasteiger partial charge in [-0.15, -0.1) is 0 Å². The third-order valence-corrected chi connectivity index (χ3v) is 3.22. The summed E-state index contributed by atoms with van der Waals surface area (Å²) in [7, 11) is 1.82. The summed E-state index contributed by atoms with van der Waals surface area (Å²) in [5.41, 5.74) is 2.28. The van der Waals surface area contributed by atoms with Gasteiger partial charge in [-0.25, -0.2) is 14.4 Å². The van der Waals surface area contributed by atoms with Gasteiger partial charge in [0.1, 0.15) is 23.8 Å². The van der Waals surface area contributed by atoms with Crippen molar-refractivity contribution >= 4 is 17.3 Å². The first-order valence-electron chi connectivity index (χ1n) is 6.59. The van der Waals surface area contributed by atoms with E-state index in [0.29, 0.717) is 17.1 Å². The van der Waals surface area contributed by atoms with E-state index >= 15 is 0 Å². The number of nitrogens with one attached hydrogen (secondary N) is 2. The molecule has 0 aliphatic carbocycles. The first-order chi connectivity index (χ1) is 9.54. The van der Waals surface area contributed by atoms with Gasteiger partial charge in [-0.3, -0.25) is 0 Å². The molecule has 0 aliphatic rings. The van der Waals surface area contributed by atoms with Crippen molar-refractivity contribution in [2.75, 3.05) is 17.7 Å². The Bertz CT molecular complexity index is 611. The van der Waals surface area contributed by atoms with E-state index in [4.69, 9.17) is 0 Å². The molecule has 0 radical (unpaired) electrons. The van der Waals surface area contributed by atoms with Crippen LogP contribution in [0.15, 0.2) is 24.5 Å². The van der Waals surface area contributed by atoms with Crippen molar-refractivity contribution in [3.63, 3.8) is 0 Å². The predicted octanol–water partition coefficient (Wildman–Crippen LogP) is 3.83. The number of hydrogen-bond acceptors (Lipinski definition) is 4. The molecular formula is C15H19FN4. The summed E-state index contributed by atoms with van der Waals surface area (Å²) >= 11 is 0. The average Bonchev–Trinajstić information content (AvgIpc) is 2.43. The van der Waals surface area contributed by atoms with Gasteiger partial charge in [-0.1, -0.05) is 19.9 Å². The number of benzene rings is 1. The lowest BCUT2D eigenvalue weighted by Gasteiger charge is -2.17. The van der Waals surface area contributed by atoms with Gasteiger partial charge in [0.15, 0.2) is 0 Å². The fourth-order valence-corrected chi connectivity index (χ4v) is 2.11. The highest BCUT2D eigenvalue weighted by atomic mass is 19.1. The zero-order chi connectivity index (χ0) is 14.7. The summed E-state index contributed by atoms with van der Waals surface area (Å²) in [5, 5.41) is 6.27. The summed E-state index contributed by atoms with van der Waals surface area (Å²) in [4.78, 5) is 8.51. The van der Waals surface area contributed by atoms with E-state index < -0.39 is 0 Å². The Morgan fingerprint density at radius 3 is 2.50 bits per heavy atom. The first-order valence-corrected chi connectivity index (χ1v) is 6.59. The fourth-order valence-electron chi connectivity index (χ4n) is 2.11. The quantitative estimate of drug-likeness (QED) is 0.889. The first kappa shape index (κ1) is 14.2. The Morgan fingerprint density at radius 1 is 1.15 bits per heavy atom. The van der Waals surface area contributed by atoms with E-state index in [9.17, 15) is 4.39 Å². The van der Waals surface area contributed by atoms with Crippen molar-refractivity contribution in [2.45, 2.75) is 26.7 Å². The second-order valence-electron chi connectivity index (χ2n) is 4.93. The Kier molecular flexibility index (Phi) is 4.17. The van der Waals surface area contributed by atoms with Crippen LogP contribution in [0.2, 0.25) is 0 Å². The summed E-state index contributed by atoms with van der Waals surface area (Å²) in [5.74, 6) is 1.50. The maximum absolute atomic E-state index is 13.6. The van der Waals surface area contributed by atoms with Crippen LogP contribution in [0.25, 0.3) is 0 Å². The highest BCUT2D eigenvalue weighted by molar-refractivity contribution is 5.67. The number of halogens is 1. The summed E-state index contributed by atoms with van der Waals surface area (Å²) in [6.45, 7) is 5.89. The third-order valence-electron chi connectivity index (χ3n) is 3.22. The molecular weight excluding hydrogens is 255 g/mol. The minimum atomic E-state index is -0.232. The molecule has 5 heteroatoms. The van der Waals surface area contributed by atoms with E-state index in [2.05, 4.69) is 34.4 Å². The molecule has 0 bridgehead atoms. The number of aromatic nitrogens is 2. The van der Waals surface area contributed by atoms with Crippen LogP contribution in [0.3, 0.4) is 0 Å². The predicted molar refractivity (Wildman–Crippen MR) is 80.1 cm³/mol. The lowest BCUT2D eigenvalue weighted by molar-refractivity contribution is 0.619. The van der Waals surface area contributed by atoms with Crippen molar-refractivity contribution < 1.29 is 4.39 Å². The van der Waals surface area contributed by atoms with Gasteiger partial charge in [-0.2, -0.15) is 0 Å². The van der Waals surface area contributed by atoms with Gasteiger partial charge in [0.2, 0.25) is 0 Å². The molecule has 0 aliphatic heterocycles. The molecule has 2 aromatic rings. The van der Waals surface area contributed by atoms with Crippen LogP contribution < -0.4 is 10.6 Å².